The Bertz CT molecular complexity index is 1070. The minimum Gasteiger partial charge on any atom is -0.497 e. The highest BCUT2D eigenvalue weighted by Gasteiger charge is 2.10. The zero-order chi connectivity index (χ0) is 17.2. The molecule has 2 N–H and O–H groups in total. The summed E-state index contributed by atoms with van der Waals surface area (Å²) in [7, 11) is 1.63. The summed E-state index contributed by atoms with van der Waals surface area (Å²) in [4.78, 5) is 11.9. The predicted molar refractivity (Wildman–Crippen MR) is 95.8 cm³/mol. The smallest absolute Gasteiger partial charge is 0.265 e. The van der Waals surface area contributed by atoms with Crippen molar-refractivity contribution in [1.82, 2.24) is 25.1 Å². The summed E-state index contributed by atoms with van der Waals surface area (Å²) in [5, 5.41) is 13.5. The number of fused-ring (bicyclic) bond motifs is 3. The molecule has 4 rings (SSSR count). The lowest BCUT2D eigenvalue weighted by Crippen LogP contribution is -2.04. The fraction of sp³-hybridized carbons (Fsp3) is 0.118. The summed E-state index contributed by atoms with van der Waals surface area (Å²) in [5.41, 5.74) is 6.56. The number of hydrogen-bond acceptors (Lipinski definition) is 7. The molecular formula is C17H15N7O. The number of hydrazone groups is 1. The minimum atomic E-state index is 0.307. The molecule has 0 amide bonds. The predicted octanol–water partition coefficient (Wildman–Crippen LogP) is 2.75. The molecule has 0 unspecified atom stereocenters. The maximum absolute atomic E-state index is 5.25. The second-order valence-electron chi connectivity index (χ2n) is 5.39. The van der Waals surface area contributed by atoms with E-state index < -0.39 is 0 Å². The lowest BCUT2D eigenvalue weighted by atomic mass is 10.2. The van der Waals surface area contributed by atoms with Gasteiger partial charge in [0.15, 0.2) is 5.65 Å². The molecule has 0 bridgehead atoms. The number of methoxy groups -OCH3 is 1. The van der Waals surface area contributed by atoms with Crippen molar-refractivity contribution in [2.75, 3.05) is 12.5 Å². The van der Waals surface area contributed by atoms with E-state index in [1.165, 1.54) is 0 Å². The molecule has 124 valence electrons. The topological polar surface area (TPSA) is 101 Å². The molecule has 3 aromatic heterocycles. The van der Waals surface area contributed by atoms with Gasteiger partial charge in [-0.25, -0.2) is 5.43 Å². The van der Waals surface area contributed by atoms with Crippen LogP contribution in [-0.2, 0) is 0 Å². The van der Waals surface area contributed by atoms with Crippen molar-refractivity contribution in [2.24, 2.45) is 5.10 Å². The van der Waals surface area contributed by atoms with Crippen molar-refractivity contribution < 1.29 is 4.74 Å². The van der Waals surface area contributed by atoms with Crippen LogP contribution in [0.4, 0.5) is 5.95 Å². The average Bonchev–Trinajstić information content (AvgIpc) is 3.03. The van der Waals surface area contributed by atoms with Crippen molar-refractivity contribution in [1.29, 1.82) is 0 Å². The molecule has 3 heterocycles. The third kappa shape index (κ3) is 2.85. The van der Waals surface area contributed by atoms with Crippen LogP contribution in [0.2, 0.25) is 0 Å². The molecule has 4 aromatic rings. The van der Waals surface area contributed by atoms with Crippen LogP contribution in [0.5, 0.6) is 5.75 Å². The van der Waals surface area contributed by atoms with Gasteiger partial charge in [0.25, 0.3) is 5.95 Å². The molecule has 0 radical (unpaired) electrons. The fourth-order valence-electron chi connectivity index (χ4n) is 2.49. The standard InChI is InChI=1S/C17H15N7O/c1-10(13-5-3-4-8-18-13)21-23-17-20-16-15(22-24-17)12-9-11(25-2)6-7-14(12)19-16/h3-9H,1-2H3,(H2,19,20,23,24)/b21-10+. The number of ether oxygens (including phenoxy) is 1. The van der Waals surface area contributed by atoms with E-state index in [1.807, 2.05) is 43.3 Å². The number of nitrogens with one attached hydrogen (secondary N) is 2. The van der Waals surface area contributed by atoms with Gasteiger partial charge in [0.05, 0.1) is 18.5 Å². The third-order valence-electron chi connectivity index (χ3n) is 3.78. The summed E-state index contributed by atoms with van der Waals surface area (Å²) >= 11 is 0. The van der Waals surface area contributed by atoms with Crippen molar-refractivity contribution in [3.8, 4) is 5.75 Å². The van der Waals surface area contributed by atoms with E-state index in [9.17, 15) is 0 Å². The number of aromatic nitrogens is 5. The zero-order valence-corrected chi connectivity index (χ0v) is 13.7. The lowest BCUT2D eigenvalue weighted by molar-refractivity contribution is 0.415. The Morgan fingerprint density at radius 1 is 1.20 bits per heavy atom. The molecule has 0 saturated carbocycles. The summed E-state index contributed by atoms with van der Waals surface area (Å²) < 4.78 is 5.25. The van der Waals surface area contributed by atoms with Gasteiger partial charge in [-0.2, -0.15) is 10.1 Å². The van der Waals surface area contributed by atoms with Gasteiger partial charge in [0.1, 0.15) is 11.3 Å². The van der Waals surface area contributed by atoms with Crippen LogP contribution in [0.25, 0.3) is 22.1 Å². The molecule has 0 fully saturated rings. The lowest BCUT2D eigenvalue weighted by Gasteiger charge is -2.01. The number of anilines is 1. The molecule has 0 aliphatic carbocycles. The van der Waals surface area contributed by atoms with E-state index in [1.54, 1.807) is 13.3 Å². The van der Waals surface area contributed by atoms with Gasteiger partial charge in [-0.3, -0.25) is 4.98 Å². The van der Waals surface area contributed by atoms with Crippen LogP contribution in [0, 0.1) is 0 Å². The molecule has 8 heteroatoms. The highest BCUT2D eigenvalue weighted by molar-refractivity contribution is 6.04. The molecule has 0 saturated heterocycles. The Morgan fingerprint density at radius 2 is 2.12 bits per heavy atom. The number of benzene rings is 1. The summed E-state index contributed by atoms with van der Waals surface area (Å²) in [6, 6.07) is 11.4. The number of aromatic amines is 1. The van der Waals surface area contributed by atoms with E-state index in [4.69, 9.17) is 4.74 Å². The average molecular weight is 333 g/mol. The van der Waals surface area contributed by atoms with Crippen LogP contribution in [0.3, 0.4) is 0 Å². The third-order valence-corrected chi connectivity index (χ3v) is 3.78. The molecule has 0 aliphatic rings. The van der Waals surface area contributed by atoms with Crippen molar-refractivity contribution >= 4 is 33.7 Å². The SMILES string of the molecule is COc1ccc2[nH]c3nc(N/N=C(\C)c4ccccn4)nnc3c2c1. The summed E-state index contributed by atoms with van der Waals surface area (Å²) in [5.74, 6) is 1.06. The molecule has 25 heavy (non-hydrogen) atoms. The minimum absolute atomic E-state index is 0.307. The largest absolute Gasteiger partial charge is 0.497 e. The van der Waals surface area contributed by atoms with Gasteiger partial charge in [-0.15, -0.1) is 10.2 Å². The Balaban J connectivity index is 1.66. The van der Waals surface area contributed by atoms with Crippen molar-refractivity contribution in [3.63, 3.8) is 0 Å². The van der Waals surface area contributed by atoms with E-state index in [0.717, 1.165) is 28.1 Å². The van der Waals surface area contributed by atoms with Crippen molar-refractivity contribution in [3.05, 3.63) is 48.3 Å². The van der Waals surface area contributed by atoms with Gasteiger partial charge < -0.3 is 9.72 Å². The fourth-order valence-corrected chi connectivity index (χ4v) is 2.49. The maximum atomic E-state index is 5.25. The molecule has 0 aliphatic heterocycles. The van der Waals surface area contributed by atoms with Crippen LogP contribution in [-0.4, -0.2) is 38.0 Å². The first kappa shape index (κ1) is 15.0. The first-order chi connectivity index (χ1) is 12.2. The first-order valence-corrected chi connectivity index (χ1v) is 7.66. The number of hydrogen-bond donors (Lipinski definition) is 2. The number of pyridine rings is 1. The van der Waals surface area contributed by atoms with Crippen LogP contribution >= 0.6 is 0 Å². The number of nitrogens with zero attached hydrogens (tertiary/aromatic N) is 5. The van der Waals surface area contributed by atoms with Crippen LogP contribution < -0.4 is 10.2 Å². The van der Waals surface area contributed by atoms with Gasteiger partial charge in [-0.1, -0.05) is 6.07 Å². The molecule has 1 aromatic carbocycles. The van der Waals surface area contributed by atoms with Crippen LogP contribution in [0.1, 0.15) is 12.6 Å². The number of rotatable bonds is 4. The second kappa shape index (κ2) is 6.16. The number of H-pyrrole nitrogens is 1. The second-order valence-corrected chi connectivity index (χ2v) is 5.39. The Labute approximate surface area is 143 Å². The van der Waals surface area contributed by atoms with Crippen LogP contribution in [0.15, 0.2) is 47.7 Å². The van der Waals surface area contributed by atoms with Crippen molar-refractivity contribution in [2.45, 2.75) is 6.92 Å². The molecule has 8 nitrogen and oxygen atoms in total. The monoisotopic (exact) mass is 333 g/mol. The van der Waals surface area contributed by atoms with E-state index in [2.05, 4.69) is 35.7 Å². The summed E-state index contributed by atoms with van der Waals surface area (Å²) in [6.45, 7) is 1.86. The highest BCUT2D eigenvalue weighted by atomic mass is 16.5. The molecule has 0 atom stereocenters. The van der Waals surface area contributed by atoms with E-state index in [-0.39, 0.29) is 0 Å². The Hall–Kier alpha value is -3.55. The maximum Gasteiger partial charge on any atom is 0.265 e. The first-order valence-electron chi connectivity index (χ1n) is 7.66. The highest BCUT2D eigenvalue weighted by Crippen LogP contribution is 2.26. The molecular weight excluding hydrogens is 318 g/mol. The van der Waals surface area contributed by atoms with E-state index in [0.29, 0.717) is 17.1 Å². The summed E-state index contributed by atoms with van der Waals surface area (Å²) in [6.07, 6.45) is 1.72. The van der Waals surface area contributed by atoms with Gasteiger partial charge >= 0.3 is 0 Å². The van der Waals surface area contributed by atoms with Gasteiger partial charge in [-0.05, 0) is 37.3 Å². The zero-order valence-electron chi connectivity index (χ0n) is 13.7. The Kier molecular flexibility index (Phi) is 3.70. The van der Waals surface area contributed by atoms with Gasteiger partial charge in [0, 0.05) is 17.1 Å². The normalized spacial score (nSPS) is 11.8. The quantitative estimate of drug-likeness (QED) is 0.440. The Morgan fingerprint density at radius 3 is 2.92 bits per heavy atom. The van der Waals surface area contributed by atoms with Gasteiger partial charge in [0.2, 0.25) is 0 Å². The van der Waals surface area contributed by atoms with E-state index >= 15 is 0 Å². The molecule has 0 spiro atoms.